The Hall–Kier alpha value is -3.19. The molecule has 0 fully saturated rings. The summed E-state index contributed by atoms with van der Waals surface area (Å²) in [6.07, 6.45) is 2.58. The standard InChI is InChI=1S/C19H15ClFNO5/c1-26-19(25)13-5-2-12(3-6-13)4-9-18(24)27-11-17(23)22-16-10-14(20)7-8-15(16)21/h2-10H,11H2,1H3,(H,22,23)/b9-4+. The lowest BCUT2D eigenvalue weighted by Crippen LogP contribution is -2.20. The Labute approximate surface area is 159 Å². The first-order chi connectivity index (χ1) is 12.9. The van der Waals surface area contributed by atoms with Gasteiger partial charge >= 0.3 is 11.9 Å². The van der Waals surface area contributed by atoms with Crippen LogP contribution in [-0.2, 0) is 19.1 Å². The summed E-state index contributed by atoms with van der Waals surface area (Å²) in [6.45, 7) is -0.587. The number of hydrogen-bond acceptors (Lipinski definition) is 5. The van der Waals surface area contributed by atoms with Gasteiger partial charge in [-0.05, 0) is 42.0 Å². The summed E-state index contributed by atoms with van der Waals surface area (Å²) in [5.41, 5.74) is 0.914. The first-order valence-electron chi connectivity index (χ1n) is 7.67. The number of halogens is 2. The smallest absolute Gasteiger partial charge is 0.337 e. The fraction of sp³-hybridized carbons (Fsp3) is 0.105. The van der Waals surface area contributed by atoms with Gasteiger partial charge in [0.1, 0.15) is 5.82 Å². The van der Waals surface area contributed by atoms with Crippen molar-refractivity contribution in [3.63, 3.8) is 0 Å². The molecule has 0 atom stereocenters. The maximum atomic E-state index is 13.5. The van der Waals surface area contributed by atoms with E-state index in [1.807, 2.05) is 0 Å². The SMILES string of the molecule is COC(=O)c1ccc(/C=C/C(=O)OCC(=O)Nc2cc(Cl)ccc2F)cc1. The number of hydrogen-bond donors (Lipinski definition) is 1. The minimum Gasteiger partial charge on any atom is -0.465 e. The van der Waals surface area contributed by atoms with Crippen molar-refractivity contribution in [2.75, 3.05) is 19.0 Å². The predicted octanol–water partition coefficient (Wildman–Crippen LogP) is 3.46. The largest absolute Gasteiger partial charge is 0.465 e. The number of carbonyl (C=O) groups excluding carboxylic acids is 3. The molecule has 2 aromatic rings. The number of anilines is 1. The summed E-state index contributed by atoms with van der Waals surface area (Å²) in [5.74, 6) is -2.59. The Kier molecular flexibility index (Phi) is 7.08. The molecule has 140 valence electrons. The van der Waals surface area contributed by atoms with Crippen LogP contribution in [0.2, 0.25) is 5.02 Å². The molecule has 27 heavy (non-hydrogen) atoms. The number of nitrogens with one attached hydrogen (secondary N) is 1. The van der Waals surface area contributed by atoms with E-state index >= 15 is 0 Å². The van der Waals surface area contributed by atoms with Gasteiger partial charge in [-0.2, -0.15) is 0 Å². The molecule has 8 heteroatoms. The average molecular weight is 392 g/mol. The molecule has 1 N–H and O–H groups in total. The van der Waals surface area contributed by atoms with Gasteiger partial charge in [-0.15, -0.1) is 0 Å². The zero-order valence-electron chi connectivity index (χ0n) is 14.2. The van der Waals surface area contributed by atoms with Crippen molar-refractivity contribution in [3.05, 3.63) is 70.5 Å². The average Bonchev–Trinajstić information content (AvgIpc) is 2.67. The zero-order chi connectivity index (χ0) is 19.8. The normalized spacial score (nSPS) is 10.5. The van der Waals surface area contributed by atoms with Gasteiger partial charge in [0.2, 0.25) is 0 Å². The summed E-state index contributed by atoms with van der Waals surface area (Å²) < 4.78 is 22.9. The minimum atomic E-state index is -0.756. The molecular weight excluding hydrogens is 377 g/mol. The van der Waals surface area contributed by atoms with Crippen LogP contribution >= 0.6 is 11.6 Å². The quantitative estimate of drug-likeness (QED) is 0.602. The number of esters is 2. The second kappa shape index (κ2) is 9.49. The first kappa shape index (κ1) is 20.1. The zero-order valence-corrected chi connectivity index (χ0v) is 15.0. The first-order valence-corrected chi connectivity index (χ1v) is 8.05. The van der Waals surface area contributed by atoms with Crippen molar-refractivity contribution in [1.29, 1.82) is 0 Å². The Morgan fingerprint density at radius 2 is 1.85 bits per heavy atom. The van der Waals surface area contributed by atoms with Crippen LogP contribution < -0.4 is 5.32 Å². The number of amides is 1. The molecule has 0 heterocycles. The van der Waals surface area contributed by atoms with Crippen LogP contribution in [0.25, 0.3) is 6.08 Å². The maximum Gasteiger partial charge on any atom is 0.337 e. The molecule has 1 amide bonds. The third-order valence-corrected chi connectivity index (χ3v) is 3.53. The van der Waals surface area contributed by atoms with E-state index in [1.165, 1.54) is 25.3 Å². The van der Waals surface area contributed by atoms with Gasteiger partial charge < -0.3 is 14.8 Å². The summed E-state index contributed by atoms with van der Waals surface area (Å²) in [4.78, 5) is 34.7. The van der Waals surface area contributed by atoms with Crippen molar-refractivity contribution < 1.29 is 28.2 Å². The highest BCUT2D eigenvalue weighted by atomic mass is 35.5. The van der Waals surface area contributed by atoms with Crippen LogP contribution in [0.15, 0.2) is 48.5 Å². The number of methoxy groups -OCH3 is 1. The molecule has 0 aliphatic rings. The molecule has 0 radical (unpaired) electrons. The molecule has 0 saturated heterocycles. The summed E-state index contributed by atoms with van der Waals surface area (Å²) in [5, 5.41) is 2.51. The van der Waals surface area contributed by atoms with Crippen molar-refractivity contribution >= 4 is 41.2 Å². The summed E-state index contributed by atoms with van der Waals surface area (Å²) >= 11 is 5.72. The van der Waals surface area contributed by atoms with Crippen LogP contribution in [0.1, 0.15) is 15.9 Å². The fourth-order valence-corrected chi connectivity index (χ4v) is 2.15. The molecule has 0 saturated carbocycles. The van der Waals surface area contributed by atoms with Gasteiger partial charge in [0, 0.05) is 11.1 Å². The topological polar surface area (TPSA) is 81.7 Å². The predicted molar refractivity (Wildman–Crippen MR) is 97.8 cm³/mol. The van der Waals surface area contributed by atoms with Gasteiger partial charge in [0.25, 0.3) is 5.91 Å². The highest BCUT2D eigenvalue weighted by Crippen LogP contribution is 2.19. The summed E-state index contributed by atoms with van der Waals surface area (Å²) in [7, 11) is 1.28. The van der Waals surface area contributed by atoms with Gasteiger partial charge in [0.15, 0.2) is 6.61 Å². The third-order valence-electron chi connectivity index (χ3n) is 3.29. The van der Waals surface area contributed by atoms with Crippen LogP contribution in [0.5, 0.6) is 0 Å². The molecule has 6 nitrogen and oxygen atoms in total. The van der Waals surface area contributed by atoms with Crippen molar-refractivity contribution in [2.24, 2.45) is 0 Å². The molecule has 2 aromatic carbocycles. The molecular formula is C19H15ClFNO5. The second-order valence-electron chi connectivity index (χ2n) is 5.23. The lowest BCUT2D eigenvalue weighted by atomic mass is 10.1. The monoisotopic (exact) mass is 391 g/mol. The van der Waals surface area contributed by atoms with Crippen molar-refractivity contribution in [3.8, 4) is 0 Å². The Bertz CT molecular complexity index is 880. The molecule has 0 aliphatic carbocycles. The van der Waals surface area contributed by atoms with Crippen LogP contribution in [0, 0.1) is 5.82 Å². The Balaban J connectivity index is 1.84. The van der Waals surface area contributed by atoms with E-state index in [0.717, 1.165) is 12.1 Å². The maximum absolute atomic E-state index is 13.5. The van der Waals surface area contributed by atoms with E-state index in [2.05, 4.69) is 10.1 Å². The van der Waals surface area contributed by atoms with E-state index in [1.54, 1.807) is 24.3 Å². The number of rotatable bonds is 6. The van der Waals surface area contributed by atoms with Gasteiger partial charge in [0.05, 0.1) is 18.4 Å². The molecule has 0 unspecified atom stereocenters. The van der Waals surface area contributed by atoms with Gasteiger partial charge in [-0.1, -0.05) is 23.7 Å². The summed E-state index contributed by atoms with van der Waals surface area (Å²) in [6, 6.07) is 10.0. The molecule has 2 rings (SSSR count). The highest BCUT2D eigenvalue weighted by molar-refractivity contribution is 6.30. The molecule has 0 aromatic heterocycles. The Morgan fingerprint density at radius 1 is 1.15 bits per heavy atom. The third kappa shape index (κ3) is 6.23. The van der Waals surface area contributed by atoms with E-state index < -0.39 is 30.3 Å². The second-order valence-corrected chi connectivity index (χ2v) is 5.66. The number of carbonyl (C=O) groups is 3. The van der Waals surface area contributed by atoms with E-state index in [4.69, 9.17) is 16.3 Å². The highest BCUT2D eigenvalue weighted by Gasteiger charge is 2.09. The number of ether oxygens (including phenoxy) is 2. The van der Waals surface area contributed by atoms with E-state index in [0.29, 0.717) is 11.1 Å². The molecule has 0 aliphatic heterocycles. The molecule has 0 spiro atoms. The Morgan fingerprint density at radius 3 is 2.52 bits per heavy atom. The fourth-order valence-electron chi connectivity index (χ4n) is 1.98. The molecule has 0 bridgehead atoms. The van der Waals surface area contributed by atoms with Crippen LogP contribution in [0.3, 0.4) is 0 Å². The van der Waals surface area contributed by atoms with E-state index in [-0.39, 0.29) is 10.7 Å². The lowest BCUT2D eigenvalue weighted by molar-refractivity contribution is -0.142. The van der Waals surface area contributed by atoms with E-state index in [9.17, 15) is 18.8 Å². The van der Waals surface area contributed by atoms with Crippen molar-refractivity contribution in [2.45, 2.75) is 0 Å². The number of benzene rings is 2. The van der Waals surface area contributed by atoms with Gasteiger partial charge in [-0.3, -0.25) is 4.79 Å². The van der Waals surface area contributed by atoms with Crippen LogP contribution in [0.4, 0.5) is 10.1 Å². The van der Waals surface area contributed by atoms with Gasteiger partial charge in [-0.25, -0.2) is 14.0 Å². The minimum absolute atomic E-state index is 0.107. The van der Waals surface area contributed by atoms with Crippen LogP contribution in [-0.4, -0.2) is 31.6 Å². The lowest BCUT2D eigenvalue weighted by Gasteiger charge is -2.06. The van der Waals surface area contributed by atoms with Crippen molar-refractivity contribution in [1.82, 2.24) is 0 Å².